The molecule has 0 aliphatic carbocycles. The van der Waals surface area contributed by atoms with Gasteiger partial charge in [0, 0.05) is 37.6 Å². The van der Waals surface area contributed by atoms with Crippen molar-refractivity contribution in [2.75, 3.05) is 40.0 Å². The molecule has 1 aliphatic heterocycles. The van der Waals surface area contributed by atoms with Gasteiger partial charge in [-0.05, 0) is 41.5 Å². The molecule has 32 heavy (non-hydrogen) atoms. The molecule has 0 bridgehead atoms. The fraction of sp³-hybridized carbons (Fsp3) is 0.500. The molecule has 1 aliphatic rings. The zero-order chi connectivity index (χ0) is 23.1. The second-order valence-electron chi connectivity index (χ2n) is 8.33. The largest absolute Gasteiger partial charge is 0.491 e. The highest BCUT2D eigenvalue weighted by atomic mass is 32.1. The number of hydrogen-bond acceptors (Lipinski definition) is 5. The van der Waals surface area contributed by atoms with E-state index in [9.17, 15) is 14.0 Å². The van der Waals surface area contributed by atoms with Crippen LogP contribution in [0.2, 0.25) is 0 Å². The minimum Gasteiger partial charge on any atom is -0.491 e. The van der Waals surface area contributed by atoms with E-state index >= 15 is 0 Å². The van der Waals surface area contributed by atoms with Crippen molar-refractivity contribution in [1.82, 2.24) is 9.80 Å². The monoisotopic (exact) mass is 462 g/mol. The lowest BCUT2D eigenvalue weighted by Gasteiger charge is -2.37. The van der Waals surface area contributed by atoms with Crippen molar-refractivity contribution in [3.8, 4) is 5.75 Å². The summed E-state index contributed by atoms with van der Waals surface area (Å²) in [7, 11) is 1.58. The van der Waals surface area contributed by atoms with Gasteiger partial charge in [-0.1, -0.05) is 19.9 Å². The summed E-state index contributed by atoms with van der Waals surface area (Å²) < 4.78 is 24.6. The van der Waals surface area contributed by atoms with Gasteiger partial charge >= 0.3 is 0 Å². The predicted octanol–water partition coefficient (Wildman–Crippen LogP) is 3.91. The molecule has 1 atom stereocenters. The van der Waals surface area contributed by atoms with E-state index in [1.54, 1.807) is 40.4 Å². The first-order chi connectivity index (χ1) is 15.4. The molecule has 2 heterocycles. The van der Waals surface area contributed by atoms with Crippen LogP contribution in [0.15, 0.2) is 35.7 Å². The molecule has 0 spiro atoms. The van der Waals surface area contributed by atoms with Crippen LogP contribution in [0.4, 0.5) is 4.39 Å². The Morgan fingerprint density at radius 2 is 2.12 bits per heavy atom. The highest BCUT2D eigenvalue weighted by molar-refractivity contribution is 7.10. The van der Waals surface area contributed by atoms with Crippen LogP contribution in [0.5, 0.6) is 5.75 Å². The Morgan fingerprint density at radius 3 is 2.84 bits per heavy atom. The molecule has 0 saturated heterocycles. The highest BCUT2D eigenvalue weighted by Gasteiger charge is 2.33. The van der Waals surface area contributed by atoms with E-state index in [-0.39, 0.29) is 42.7 Å². The molecule has 174 valence electrons. The number of methoxy groups -OCH3 is 1. The van der Waals surface area contributed by atoms with Gasteiger partial charge in [0.2, 0.25) is 11.8 Å². The number of rotatable bonds is 10. The van der Waals surface area contributed by atoms with E-state index in [0.717, 1.165) is 12.0 Å². The van der Waals surface area contributed by atoms with E-state index in [2.05, 4.69) is 0 Å². The van der Waals surface area contributed by atoms with Crippen molar-refractivity contribution >= 4 is 23.2 Å². The first kappa shape index (κ1) is 24.2. The molecule has 0 radical (unpaired) electrons. The summed E-state index contributed by atoms with van der Waals surface area (Å²) in [5, 5.41) is 2.02. The number of benzene rings is 1. The van der Waals surface area contributed by atoms with E-state index in [0.29, 0.717) is 31.9 Å². The Labute approximate surface area is 192 Å². The number of ether oxygens (including phenoxy) is 2. The zero-order valence-corrected chi connectivity index (χ0v) is 19.7. The molecule has 0 unspecified atom stereocenters. The van der Waals surface area contributed by atoms with Crippen LogP contribution < -0.4 is 4.74 Å². The van der Waals surface area contributed by atoms with Gasteiger partial charge in [-0.2, -0.15) is 0 Å². The molecule has 0 N–H and O–H groups in total. The van der Waals surface area contributed by atoms with Gasteiger partial charge in [-0.3, -0.25) is 9.59 Å². The maximum atomic E-state index is 13.5. The minimum absolute atomic E-state index is 0.00481. The number of nitrogens with zero attached hydrogens (tertiary/aromatic N) is 2. The summed E-state index contributed by atoms with van der Waals surface area (Å²) >= 11 is 1.67. The number of hydrogen-bond donors (Lipinski definition) is 0. The van der Waals surface area contributed by atoms with Crippen LogP contribution in [0.1, 0.15) is 36.8 Å². The standard InChI is InChI=1S/C24H31FN2O4S/c1-17(2)13-23(28)26(10-11-30-3)15-24(29)27-9-7-22-20(8-12-32-22)21(27)16-31-19-6-4-5-18(25)14-19/h4-6,8,12,14,17,21H,7,9-11,13,15-16H2,1-3H3/t21-/m0/s1. The Bertz CT molecular complexity index is 917. The Hall–Kier alpha value is -2.45. The molecule has 2 aromatic rings. The first-order valence-electron chi connectivity index (χ1n) is 10.9. The summed E-state index contributed by atoms with van der Waals surface area (Å²) in [6.45, 7) is 5.49. The fourth-order valence-electron chi connectivity index (χ4n) is 3.83. The van der Waals surface area contributed by atoms with Gasteiger partial charge in [0.15, 0.2) is 0 Å². The Balaban J connectivity index is 1.75. The Kier molecular flexibility index (Phi) is 8.64. The lowest BCUT2D eigenvalue weighted by molar-refractivity contribution is -0.143. The van der Waals surface area contributed by atoms with Gasteiger partial charge < -0.3 is 19.3 Å². The second kappa shape index (κ2) is 11.4. The molecule has 3 rings (SSSR count). The lowest BCUT2D eigenvalue weighted by Crippen LogP contribution is -2.48. The lowest BCUT2D eigenvalue weighted by atomic mass is 10.0. The minimum atomic E-state index is -0.368. The Morgan fingerprint density at radius 1 is 1.31 bits per heavy atom. The molecule has 6 nitrogen and oxygen atoms in total. The van der Waals surface area contributed by atoms with Crippen molar-refractivity contribution < 1.29 is 23.5 Å². The summed E-state index contributed by atoms with van der Waals surface area (Å²) in [6, 6.07) is 7.72. The normalized spacial score (nSPS) is 15.5. The molecule has 8 heteroatoms. The van der Waals surface area contributed by atoms with Crippen molar-refractivity contribution in [3.05, 3.63) is 52.0 Å². The SMILES string of the molecule is COCCN(CC(=O)N1CCc2sccc2[C@@H]1COc1cccc(F)c1)C(=O)CC(C)C. The van der Waals surface area contributed by atoms with Crippen LogP contribution in [0.3, 0.4) is 0 Å². The van der Waals surface area contributed by atoms with E-state index in [1.165, 1.54) is 17.0 Å². The van der Waals surface area contributed by atoms with Crippen molar-refractivity contribution in [2.45, 2.75) is 32.7 Å². The number of carbonyl (C=O) groups excluding carboxylic acids is 2. The third kappa shape index (κ3) is 6.29. The van der Waals surface area contributed by atoms with Gasteiger partial charge in [0.05, 0.1) is 19.2 Å². The summed E-state index contributed by atoms with van der Waals surface area (Å²) in [4.78, 5) is 30.7. The quantitative estimate of drug-likeness (QED) is 0.537. The third-order valence-corrected chi connectivity index (χ3v) is 6.44. The first-order valence-corrected chi connectivity index (χ1v) is 11.8. The van der Waals surface area contributed by atoms with E-state index < -0.39 is 0 Å². The van der Waals surface area contributed by atoms with Gasteiger partial charge in [0.25, 0.3) is 0 Å². The topological polar surface area (TPSA) is 59.1 Å². The molecule has 0 saturated carbocycles. The van der Waals surface area contributed by atoms with Crippen LogP contribution in [0.25, 0.3) is 0 Å². The number of amides is 2. The summed E-state index contributed by atoms with van der Waals surface area (Å²) in [5.74, 6) is 0.0915. The number of carbonyl (C=O) groups is 2. The molecular formula is C24H31FN2O4S. The van der Waals surface area contributed by atoms with E-state index in [4.69, 9.17) is 9.47 Å². The average Bonchev–Trinajstić information content (AvgIpc) is 3.23. The third-order valence-electron chi connectivity index (χ3n) is 5.45. The zero-order valence-electron chi connectivity index (χ0n) is 18.9. The smallest absolute Gasteiger partial charge is 0.242 e. The summed E-state index contributed by atoms with van der Waals surface area (Å²) in [5.41, 5.74) is 1.06. The van der Waals surface area contributed by atoms with E-state index in [1.807, 2.05) is 25.3 Å². The fourth-order valence-corrected chi connectivity index (χ4v) is 4.76. The maximum Gasteiger partial charge on any atom is 0.242 e. The summed E-state index contributed by atoms with van der Waals surface area (Å²) in [6.07, 6.45) is 1.16. The average molecular weight is 463 g/mol. The molecule has 2 amide bonds. The van der Waals surface area contributed by atoms with Crippen molar-refractivity contribution in [3.63, 3.8) is 0 Å². The maximum absolute atomic E-state index is 13.5. The van der Waals surface area contributed by atoms with Crippen molar-refractivity contribution in [2.24, 2.45) is 5.92 Å². The van der Waals surface area contributed by atoms with Crippen LogP contribution >= 0.6 is 11.3 Å². The molecule has 1 aromatic heterocycles. The number of thiophene rings is 1. The van der Waals surface area contributed by atoms with Crippen molar-refractivity contribution in [1.29, 1.82) is 0 Å². The number of fused-ring (bicyclic) bond motifs is 1. The van der Waals surface area contributed by atoms with Gasteiger partial charge in [-0.25, -0.2) is 4.39 Å². The van der Waals surface area contributed by atoms with Gasteiger partial charge in [-0.15, -0.1) is 11.3 Å². The molecule has 0 fully saturated rings. The van der Waals surface area contributed by atoms with Crippen LogP contribution in [-0.4, -0.2) is 61.6 Å². The predicted molar refractivity (Wildman–Crippen MR) is 122 cm³/mol. The molecule has 1 aromatic carbocycles. The van der Waals surface area contributed by atoms with Gasteiger partial charge in [0.1, 0.15) is 18.2 Å². The molecular weight excluding hydrogens is 431 g/mol. The highest BCUT2D eigenvalue weighted by Crippen LogP contribution is 2.34. The van der Waals surface area contributed by atoms with Crippen LogP contribution in [-0.2, 0) is 20.7 Å². The van der Waals surface area contributed by atoms with Crippen LogP contribution in [0, 0.1) is 11.7 Å². The number of halogens is 1. The second-order valence-corrected chi connectivity index (χ2v) is 9.33.